The predicted octanol–water partition coefficient (Wildman–Crippen LogP) is 4.37. The second kappa shape index (κ2) is 7.56. The maximum atomic E-state index is 12.4. The number of ether oxygens (including phenoxy) is 2. The number of amides is 1. The van der Waals surface area contributed by atoms with E-state index in [-0.39, 0.29) is 18.5 Å². The molecule has 0 bridgehead atoms. The molecule has 7 nitrogen and oxygen atoms in total. The Balaban J connectivity index is 1.17. The normalized spacial score (nSPS) is 12.4. The van der Waals surface area contributed by atoms with Gasteiger partial charge in [-0.05, 0) is 42.0 Å². The van der Waals surface area contributed by atoms with Crippen LogP contribution in [-0.4, -0.2) is 17.7 Å². The molecule has 2 aromatic heterocycles. The Bertz CT molecular complexity index is 1150. The van der Waals surface area contributed by atoms with Gasteiger partial charge in [-0.15, -0.1) is 0 Å². The number of fused-ring (bicyclic) bond motifs is 2. The molecular formula is C21H16N2O5S. The summed E-state index contributed by atoms with van der Waals surface area (Å²) >= 11 is 1.42. The van der Waals surface area contributed by atoms with Crippen LogP contribution in [0.3, 0.4) is 0 Å². The molecule has 0 unspecified atom stereocenters. The van der Waals surface area contributed by atoms with Crippen LogP contribution in [0, 0.1) is 0 Å². The first-order valence-corrected chi connectivity index (χ1v) is 9.97. The number of oxazole rings is 1. The molecule has 146 valence electrons. The standard InChI is InChI=1S/C21H16N2O5S/c24-20(22-10-13-5-7-17-19(9-13)26-12-25-17)18-8-6-14(27-18)11-29-21-23-15-3-1-2-4-16(15)28-21/h1-9H,10-12H2,(H,22,24). The third kappa shape index (κ3) is 3.79. The van der Waals surface area contributed by atoms with Crippen LogP contribution in [0.4, 0.5) is 0 Å². The van der Waals surface area contributed by atoms with E-state index in [2.05, 4.69) is 10.3 Å². The third-order valence-corrected chi connectivity index (χ3v) is 5.24. The van der Waals surface area contributed by atoms with Crippen LogP contribution in [0.5, 0.6) is 11.5 Å². The lowest BCUT2D eigenvalue weighted by atomic mass is 10.2. The summed E-state index contributed by atoms with van der Waals surface area (Å²) in [6.07, 6.45) is 0. The second-order valence-electron chi connectivity index (χ2n) is 6.37. The molecule has 4 aromatic rings. The van der Waals surface area contributed by atoms with Crippen LogP contribution < -0.4 is 14.8 Å². The lowest BCUT2D eigenvalue weighted by Crippen LogP contribution is -2.22. The molecule has 0 aliphatic carbocycles. The van der Waals surface area contributed by atoms with E-state index in [9.17, 15) is 4.79 Å². The minimum Gasteiger partial charge on any atom is -0.455 e. The fourth-order valence-electron chi connectivity index (χ4n) is 2.94. The van der Waals surface area contributed by atoms with Gasteiger partial charge in [0.1, 0.15) is 11.3 Å². The molecule has 0 saturated heterocycles. The Morgan fingerprint density at radius 2 is 1.93 bits per heavy atom. The Kier molecular flexibility index (Phi) is 4.61. The van der Waals surface area contributed by atoms with Crippen LogP contribution >= 0.6 is 11.8 Å². The molecule has 29 heavy (non-hydrogen) atoms. The summed E-state index contributed by atoms with van der Waals surface area (Å²) in [6, 6.07) is 16.6. The van der Waals surface area contributed by atoms with E-state index in [1.807, 2.05) is 42.5 Å². The monoisotopic (exact) mass is 408 g/mol. The summed E-state index contributed by atoms with van der Waals surface area (Å²) in [5.41, 5.74) is 2.48. The van der Waals surface area contributed by atoms with Crippen molar-refractivity contribution in [3.63, 3.8) is 0 Å². The first kappa shape index (κ1) is 17.7. The van der Waals surface area contributed by atoms with Gasteiger partial charge >= 0.3 is 0 Å². The minimum absolute atomic E-state index is 0.224. The van der Waals surface area contributed by atoms with Crippen molar-refractivity contribution in [1.29, 1.82) is 0 Å². The molecule has 5 rings (SSSR count). The van der Waals surface area contributed by atoms with Gasteiger partial charge in [0.15, 0.2) is 22.8 Å². The molecule has 1 aliphatic heterocycles. The van der Waals surface area contributed by atoms with Gasteiger partial charge < -0.3 is 23.6 Å². The molecule has 2 aromatic carbocycles. The molecule has 0 radical (unpaired) electrons. The number of para-hydroxylation sites is 2. The number of nitrogens with one attached hydrogen (secondary N) is 1. The van der Waals surface area contributed by atoms with Crippen LogP contribution in [0.1, 0.15) is 21.9 Å². The number of thioether (sulfide) groups is 1. The van der Waals surface area contributed by atoms with E-state index >= 15 is 0 Å². The first-order chi connectivity index (χ1) is 14.2. The molecule has 0 spiro atoms. The number of nitrogens with zero attached hydrogens (tertiary/aromatic N) is 1. The van der Waals surface area contributed by atoms with Crippen molar-refractivity contribution >= 4 is 28.8 Å². The maximum Gasteiger partial charge on any atom is 0.287 e. The molecule has 8 heteroatoms. The number of aromatic nitrogens is 1. The SMILES string of the molecule is O=C(NCc1ccc2c(c1)OCO2)c1ccc(CSc2nc3ccccc3o2)o1. The summed E-state index contributed by atoms with van der Waals surface area (Å²) in [4.78, 5) is 16.8. The van der Waals surface area contributed by atoms with Gasteiger partial charge in [-0.2, -0.15) is 0 Å². The maximum absolute atomic E-state index is 12.4. The van der Waals surface area contributed by atoms with E-state index in [1.165, 1.54) is 11.8 Å². The van der Waals surface area contributed by atoms with Crippen molar-refractivity contribution in [2.75, 3.05) is 6.79 Å². The largest absolute Gasteiger partial charge is 0.455 e. The Morgan fingerprint density at radius 3 is 2.86 bits per heavy atom. The lowest BCUT2D eigenvalue weighted by Gasteiger charge is -2.04. The highest BCUT2D eigenvalue weighted by Crippen LogP contribution is 2.32. The third-order valence-electron chi connectivity index (χ3n) is 4.39. The number of benzene rings is 2. The predicted molar refractivity (Wildman–Crippen MR) is 106 cm³/mol. The molecule has 1 amide bonds. The summed E-state index contributed by atoms with van der Waals surface area (Å²) in [7, 11) is 0. The highest BCUT2D eigenvalue weighted by Gasteiger charge is 2.15. The number of carbonyl (C=O) groups is 1. The Morgan fingerprint density at radius 1 is 1.03 bits per heavy atom. The fourth-order valence-corrected chi connectivity index (χ4v) is 3.68. The van der Waals surface area contributed by atoms with E-state index in [4.69, 9.17) is 18.3 Å². The molecule has 0 fully saturated rings. The highest BCUT2D eigenvalue weighted by molar-refractivity contribution is 7.98. The van der Waals surface area contributed by atoms with Gasteiger partial charge in [0.2, 0.25) is 6.79 Å². The van der Waals surface area contributed by atoms with Crippen molar-refractivity contribution in [2.45, 2.75) is 17.5 Å². The molecule has 0 saturated carbocycles. The highest BCUT2D eigenvalue weighted by atomic mass is 32.2. The Hall–Kier alpha value is -3.39. The molecular weight excluding hydrogens is 392 g/mol. The Labute approximate surface area is 170 Å². The molecule has 1 aliphatic rings. The average Bonchev–Trinajstić information content (AvgIpc) is 3.48. The average molecular weight is 408 g/mol. The van der Waals surface area contributed by atoms with Crippen molar-refractivity contribution in [3.05, 3.63) is 71.7 Å². The van der Waals surface area contributed by atoms with E-state index in [1.54, 1.807) is 12.1 Å². The summed E-state index contributed by atoms with van der Waals surface area (Å²) in [6.45, 7) is 0.588. The van der Waals surface area contributed by atoms with E-state index in [0.717, 1.165) is 16.7 Å². The van der Waals surface area contributed by atoms with Crippen molar-refractivity contribution < 1.29 is 23.1 Å². The van der Waals surface area contributed by atoms with Gasteiger partial charge in [0.25, 0.3) is 11.1 Å². The van der Waals surface area contributed by atoms with Gasteiger partial charge in [0, 0.05) is 6.54 Å². The summed E-state index contributed by atoms with van der Waals surface area (Å²) in [5.74, 6) is 2.58. The number of hydrogen-bond acceptors (Lipinski definition) is 7. The zero-order valence-electron chi connectivity index (χ0n) is 15.2. The van der Waals surface area contributed by atoms with Crippen molar-refractivity contribution in [3.8, 4) is 11.5 Å². The number of furan rings is 1. The second-order valence-corrected chi connectivity index (χ2v) is 7.30. The van der Waals surface area contributed by atoms with E-state index in [0.29, 0.717) is 34.8 Å². The topological polar surface area (TPSA) is 86.7 Å². The van der Waals surface area contributed by atoms with Crippen LogP contribution in [0.2, 0.25) is 0 Å². The molecule has 3 heterocycles. The minimum atomic E-state index is -0.277. The molecule has 0 atom stereocenters. The first-order valence-electron chi connectivity index (χ1n) is 8.98. The molecule has 1 N–H and O–H groups in total. The summed E-state index contributed by atoms with van der Waals surface area (Å²) < 4.78 is 22.0. The summed E-state index contributed by atoms with van der Waals surface area (Å²) in [5, 5.41) is 3.41. The quantitative estimate of drug-likeness (QED) is 0.474. The van der Waals surface area contributed by atoms with Gasteiger partial charge in [-0.25, -0.2) is 4.98 Å². The number of carbonyl (C=O) groups excluding carboxylic acids is 1. The van der Waals surface area contributed by atoms with Gasteiger partial charge in [0.05, 0.1) is 5.75 Å². The van der Waals surface area contributed by atoms with Crippen LogP contribution in [0.15, 0.2) is 68.7 Å². The zero-order valence-corrected chi connectivity index (χ0v) is 16.0. The van der Waals surface area contributed by atoms with E-state index < -0.39 is 0 Å². The number of hydrogen-bond donors (Lipinski definition) is 1. The zero-order chi connectivity index (χ0) is 19.6. The van der Waals surface area contributed by atoms with Gasteiger partial charge in [-0.3, -0.25) is 4.79 Å². The lowest BCUT2D eigenvalue weighted by molar-refractivity contribution is 0.0921. The smallest absolute Gasteiger partial charge is 0.287 e. The van der Waals surface area contributed by atoms with Crippen LogP contribution in [-0.2, 0) is 12.3 Å². The number of rotatable bonds is 6. The van der Waals surface area contributed by atoms with Crippen molar-refractivity contribution in [1.82, 2.24) is 10.3 Å². The van der Waals surface area contributed by atoms with Crippen LogP contribution in [0.25, 0.3) is 11.1 Å². The fraction of sp³-hybridized carbons (Fsp3) is 0.143. The van der Waals surface area contributed by atoms with Gasteiger partial charge in [-0.1, -0.05) is 30.0 Å². The van der Waals surface area contributed by atoms with Crippen molar-refractivity contribution in [2.24, 2.45) is 0 Å².